The second-order valence-electron chi connectivity index (χ2n) is 6.30. The van der Waals surface area contributed by atoms with Crippen molar-refractivity contribution >= 4 is 11.7 Å². The van der Waals surface area contributed by atoms with Crippen LogP contribution in [0.3, 0.4) is 0 Å². The molecule has 1 aliphatic heterocycles. The van der Waals surface area contributed by atoms with Crippen LogP contribution in [0.2, 0.25) is 0 Å². The number of aryl methyl sites for hydroxylation is 1. The number of halogens is 1. The topological polar surface area (TPSA) is 67.2 Å². The summed E-state index contributed by atoms with van der Waals surface area (Å²) in [5.74, 6) is 0.00267. The molecule has 1 aromatic heterocycles. The Morgan fingerprint density at radius 1 is 1.36 bits per heavy atom. The van der Waals surface area contributed by atoms with Gasteiger partial charge in [0.25, 0.3) is 5.56 Å². The van der Waals surface area contributed by atoms with E-state index in [9.17, 15) is 14.0 Å². The molecular formula is C18H21FN4O2. The van der Waals surface area contributed by atoms with Crippen molar-refractivity contribution in [2.75, 3.05) is 18.0 Å². The maximum absolute atomic E-state index is 13.2. The molecule has 1 aromatic carbocycles. The van der Waals surface area contributed by atoms with Crippen LogP contribution in [0.1, 0.15) is 18.4 Å². The van der Waals surface area contributed by atoms with Gasteiger partial charge in [0, 0.05) is 38.6 Å². The van der Waals surface area contributed by atoms with Crippen LogP contribution in [0.5, 0.6) is 0 Å². The molecule has 1 N–H and O–H groups in total. The Balaban J connectivity index is 1.53. The van der Waals surface area contributed by atoms with Crippen molar-refractivity contribution in [3.05, 3.63) is 58.4 Å². The van der Waals surface area contributed by atoms with Gasteiger partial charge in [0.2, 0.25) is 5.91 Å². The summed E-state index contributed by atoms with van der Waals surface area (Å²) in [4.78, 5) is 30.4. The SMILES string of the molecule is Cn1ccnc(N2CCC(NC(=O)Cc3cccc(F)c3)CC2)c1=O. The summed E-state index contributed by atoms with van der Waals surface area (Å²) in [5, 5.41) is 2.99. The molecule has 7 heteroatoms. The lowest BCUT2D eigenvalue weighted by atomic mass is 10.0. The molecule has 0 atom stereocenters. The molecule has 0 bridgehead atoms. The van der Waals surface area contributed by atoms with Gasteiger partial charge >= 0.3 is 0 Å². The number of rotatable bonds is 4. The average Bonchev–Trinajstić information content (AvgIpc) is 2.58. The van der Waals surface area contributed by atoms with E-state index in [0.29, 0.717) is 24.5 Å². The summed E-state index contributed by atoms with van der Waals surface area (Å²) in [6.07, 6.45) is 4.90. The van der Waals surface area contributed by atoms with Gasteiger partial charge in [0.1, 0.15) is 5.82 Å². The van der Waals surface area contributed by atoms with E-state index in [1.807, 2.05) is 4.90 Å². The van der Waals surface area contributed by atoms with Crippen molar-refractivity contribution < 1.29 is 9.18 Å². The number of benzene rings is 1. The van der Waals surface area contributed by atoms with Gasteiger partial charge in [-0.25, -0.2) is 9.37 Å². The van der Waals surface area contributed by atoms with Gasteiger partial charge in [-0.1, -0.05) is 12.1 Å². The zero-order valence-electron chi connectivity index (χ0n) is 14.1. The molecule has 0 spiro atoms. The molecule has 25 heavy (non-hydrogen) atoms. The highest BCUT2D eigenvalue weighted by Crippen LogP contribution is 2.15. The fourth-order valence-electron chi connectivity index (χ4n) is 3.05. The van der Waals surface area contributed by atoms with E-state index < -0.39 is 0 Å². The summed E-state index contributed by atoms with van der Waals surface area (Å²) < 4.78 is 14.7. The normalized spacial score (nSPS) is 15.2. The smallest absolute Gasteiger partial charge is 0.293 e. The van der Waals surface area contributed by atoms with Crippen LogP contribution in [-0.4, -0.2) is 34.6 Å². The number of hydrogen-bond acceptors (Lipinski definition) is 4. The third-order valence-corrected chi connectivity index (χ3v) is 4.41. The van der Waals surface area contributed by atoms with Gasteiger partial charge in [-0.3, -0.25) is 9.59 Å². The molecular weight excluding hydrogens is 323 g/mol. The number of nitrogens with one attached hydrogen (secondary N) is 1. The molecule has 3 rings (SSSR count). The second-order valence-corrected chi connectivity index (χ2v) is 6.30. The first kappa shape index (κ1) is 17.1. The largest absolute Gasteiger partial charge is 0.353 e. The number of piperidine rings is 1. The first-order chi connectivity index (χ1) is 12.0. The van der Waals surface area contributed by atoms with E-state index in [0.717, 1.165) is 12.8 Å². The van der Waals surface area contributed by atoms with Crippen molar-refractivity contribution in [2.45, 2.75) is 25.3 Å². The van der Waals surface area contributed by atoms with Crippen molar-refractivity contribution in [1.82, 2.24) is 14.9 Å². The standard InChI is InChI=1S/C18H21FN4O2/c1-22-10-7-20-17(18(22)25)23-8-5-15(6-9-23)21-16(24)12-13-3-2-4-14(19)11-13/h2-4,7,10-11,15H,5-6,8-9,12H2,1H3,(H,21,24). The van der Waals surface area contributed by atoms with Crippen LogP contribution in [0, 0.1) is 5.82 Å². The Hall–Kier alpha value is -2.70. The number of amides is 1. The molecule has 1 saturated heterocycles. The third kappa shape index (κ3) is 4.23. The minimum atomic E-state index is -0.337. The first-order valence-corrected chi connectivity index (χ1v) is 8.33. The van der Waals surface area contributed by atoms with Crippen molar-refractivity contribution in [2.24, 2.45) is 7.05 Å². The van der Waals surface area contributed by atoms with Gasteiger partial charge in [-0.15, -0.1) is 0 Å². The zero-order chi connectivity index (χ0) is 17.8. The van der Waals surface area contributed by atoms with Crippen LogP contribution in [0.4, 0.5) is 10.2 Å². The number of carbonyl (C=O) groups excluding carboxylic acids is 1. The Morgan fingerprint density at radius 2 is 2.12 bits per heavy atom. The highest BCUT2D eigenvalue weighted by Gasteiger charge is 2.23. The van der Waals surface area contributed by atoms with E-state index in [4.69, 9.17) is 0 Å². The lowest BCUT2D eigenvalue weighted by molar-refractivity contribution is -0.121. The Kier molecular flexibility index (Phi) is 5.11. The number of aromatic nitrogens is 2. The van der Waals surface area contributed by atoms with Gasteiger partial charge in [0.05, 0.1) is 6.42 Å². The van der Waals surface area contributed by atoms with E-state index >= 15 is 0 Å². The van der Waals surface area contributed by atoms with Crippen molar-refractivity contribution in [1.29, 1.82) is 0 Å². The molecule has 132 valence electrons. The Bertz CT molecular complexity index is 813. The highest BCUT2D eigenvalue weighted by atomic mass is 19.1. The molecule has 1 aliphatic rings. The predicted molar refractivity (Wildman–Crippen MR) is 93.0 cm³/mol. The van der Waals surface area contributed by atoms with Gasteiger partial charge in [-0.2, -0.15) is 0 Å². The molecule has 1 amide bonds. The van der Waals surface area contributed by atoms with Crippen LogP contribution < -0.4 is 15.8 Å². The maximum atomic E-state index is 13.2. The number of anilines is 1. The summed E-state index contributed by atoms with van der Waals surface area (Å²) >= 11 is 0. The first-order valence-electron chi connectivity index (χ1n) is 8.33. The van der Waals surface area contributed by atoms with Gasteiger partial charge in [0.15, 0.2) is 5.82 Å². The van der Waals surface area contributed by atoms with Crippen LogP contribution in [0.25, 0.3) is 0 Å². The van der Waals surface area contributed by atoms with Crippen molar-refractivity contribution in [3.8, 4) is 0 Å². The molecule has 2 aromatic rings. The van der Waals surface area contributed by atoms with Crippen molar-refractivity contribution in [3.63, 3.8) is 0 Å². The quantitative estimate of drug-likeness (QED) is 0.906. The summed E-state index contributed by atoms with van der Waals surface area (Å²) in [7, 11) is 1.70. The second kappa shape index (κ2) is 7.46. The highest BCUT2D eigenvalue weighted by molar-refractivity contribution is 5.78. The van der Waals surface area contributed by atoms with E-state index in [1.54, 1.807) is 31.6 Å². The van der Waals surface area contributed by atoms with E-state index in [1.165, 1.54) is 16.7 Å². The average molecular weight is 344 g/mol. The van der Waals surface area contributed by atoms with Crippen LogP contribution in [0.15, 0.2) is 41.5 Å². The third-order valence-electron chi connectivity index (χ3n) is 4.41. The van der Waals surface area contributed by atoms with Gasteiger partial charge < -0.3 is 14.8 Å². The van der Waals surface area contributed by atoms with Crippen LogP contribution >= 0.6 is 0 Å². The molecule has 1 fully saturated rings. The van der Waals surface area contributed by atoms with Crippen LogP contribution in [-0.2, 0) is 18.3 Å². The summed E-state index contributed by atoms with van der Waals surface area (Å²) in [6, 6.07) is 6.13. The molecule has 0 saturated carbocycles. The lowest BCUT2D eigenvalue weighted by Crippen LogP contribution is -2.46. The van der Waals surface area contributed by atoms with E-state index in [-0.39, 0.29) is 29.7 Å². The number of carbonyl (C=O) groups is 1. The molecule has 0 aliphatic carbocycles. The summed E-state index contributed by atoms with van der Waals surface area (Å²) in [5.41, 5.74) is 0.544. The maximum Gasteiger partial charge on any atom is 0.293 e. The predicted octanol–water partition coefficient (Wildman–Crippen LogP) is 1.25. The Labute approximate surface area is 145 Å². The molecule has 6 nitrogen and oxygen atoms in total. The zero-order valence-corrected chi connectivity index (χ0v) is 14.1. The number of nitrogens with zero attached hydrogens (tertiary/aromatic N) is 3. The number of hydrogen-bond donors (Lipinski definition) is 1. The lowest BCUT2D eigenvalue weighted by Gasteiger charge is -2.32. The fourth-order valence-corrected chi connectivity index (χ4v) is 3.05. The van der Waals surface area contributed by atoms with E-state index in [2.05, 4.69) is 10.3 Å². The Morgan fingerprint density at radius 3 is 2.84 bits per heavy atom. The van der Waals surface area contributed by atoms with Gasteiger partial charge in [-0.05, 0) is 30.5 Å². The fraction of sp³-hybridized carbons (Fsp3) is 0.389. The minimum Gasteiger partial charge on any atom is -0.353 e. The monoisotopic (exact) mass is 344 g/mol. The molecule has 2 heterocycles. The molecule has 0 radical (unpaired) electrons. The molecule has 0 unspecified atom stereocenters. The minimum absolute atomic E-state index is 0.0601. The summed E-state index contributed by atoms with van der Waals surface area (Å²) in [6.45, 7) is 1.33.